The summed E-state index contributed by atoms with van der Waals surface area (Å²) in [5.41, 5.74) is -0.615. The maximum Gasteiger partial charge on any atom is 0.411 e. The van der Waals surface area contributed by atoms with Gasteiger partial charge >= 0.3 is 6.09 Å². The molecule has 0 aromatic rings. The number of piperidine rings is 2. The van der Waals surface area contributed by atoms with Gasteiger partial charge in [-0.05, 0) is 52.9 Å². The van der Waals surface area contributed by atoms with Crippen LogP contribution in [0, 0.1) is 17.8 Å². The third-order valence-corrected chi connectivity index (χ3v) is 5.49. The SMILES string of the molecule is CC(=O)[C@@H]1[C@@H]2CC[C@@H]([C@H](CC3CC3)[C@@H]2F)N1C(=O)OC(C)(C)C. The Morgan fingerprint density at radius 1 is 1.17 bits per heavy atom. The molecule has 0 N–H and O–H groups in total. The number of fused-ring (bicyclic) bond motifs is 3. The number of rotatable bonds is 3. The Labute approximate surface area is 137 Å². The van der Waals surface area contributed by atoms with Crippen LogP contribution < -0.4 is 0 Å². The van der Waals surface area contributed by atoms with Crippen LogP contribution in [0.15, 0.2) is 0 Å². The van der Waals surface area contributed by atoms with Gasteiger partial charge in [0.1, 0.15) is 11.8 Å². The topological polar surface area (TPSA) is 46.6 Å². The number of ether oxygens (including phenoxy) is 1. The average molecular weight is 325 g/mol. The first-order chi connectivity index (χ1) is 10.7. The van der Waals surface area contributed by atoms with Crippen molar-refractivity contribution in [1.29, 1.82) is 0 Å². The summed E-state index contributed by atoms with van der Waals surface area (Å²) >= 11 is 0. The van der Waals surface area contributed by atoms with E-state index in [1.807, 2.05) is 20.8 Å². The highest BCUT2D eigenvalue weighted by Gasteiger charge is 2.57. The lowest BCUT2D eigenvalue weighted by atomic mass is 9.65. The zero-order chi connectivity index (χ0) is 16.9. The summed E-state index contributed by atoms with van der Waals surface area (Å²) in [7, 11) is 0. The van der Waals surface area contributed by atoms with Crippen molar-refractivity contribution in [2.24, 2.45) is 17.8 Å². The summed E-state index contributed by atoms with van der Waals surface area (Å²) in [6.45, 7) is 6.91. The van der Waals surface area contributed by atoms with E-state index in [9.17, 15) is 14.0 Å². The van der Waals surface area contributed by atoms with Crippen molar-refractivity contribution in [1.82, 2.24) is 4.90 Å². The number of carbonyl (C=O) groups is 2. The largest absolute Gasteiger partial charge is 0.444 e. The van der Waals surface area contributed by atoms with Crippen molar-refractivity contribution in [2.75, 3.05) is 0 Å². The number of alkyl halides is 1. The van der Waals surface area contributed by atoms with Crippen LogP contribution in [-0.2, 0) is 9.53 Å². The third kappa shape index (κ3) is 3.24. The van der Waals surface area contributed by atoms with Crippen molar-refractivity contribution in [2.45, 2.75) is 83.7 Å². The van der Waals surface area contributed by atoms with Crippen LogP contribution in [0.3, 0.4) is 0 Å². The molecule has 4 nitrogen and oxygen atoms in total. The van der Waals surface area contributed by atoms with Gasteiger partial charge in [0.2, 0.25) is 0 Å². The van der Waals surface area contributed by atoms with E-state index >= 15 is 0 Å². The Kier molecular flexibility index (Phi) is 4.18. The Hall–Kier alpha value is -1.13. The molecule has 2 aliphatic heterocycles. The van der Waals surface area contributed by atoms with E-state index in [0.29, 0.717) is 12.3 Å². The molecular formula is C18H28FNO3. The molecule has 4 fully saturated rings. The highest BCUT2D eigenvalue weighted by Crippen LogP contribution is 2.50. The molecule has 0 aromatic heterocycles. The van der Waals surface area contributed by atoms with Gasteiger partial charge in [-0.3, -0.25) is 9.69 Å². The summed E-state index contributed by atoms with van der Waals surface area (Å²) in [6.07, 6.45) is 3.22. The van der Waals surface area contributed by atoms with Crippen LogP contribution in [0.2, 0.25) is 0 Å². The highest BCUT2D eigenvalue weighted by molar-refractivity contribution is 5.86. The fraction of sp³-hybridized carbons (Fsp3) is 0.889. The second-order valence-corrected chi connectivity index (χ2v) is 8.54. The van der Waals surface area contributed by atoms with Gasteiger partial charge < -0.3 is 4.74 Å². The lowest BCUT2D eigenvalue weighted by molar-refractivity contribution is -0.143. The van der Waals surface area contributed by atoms with Crippen LogP contribution >= 0.6 is 0 Å². The number of Topliss-reactive ketones (excluding diaryl/α,β-unsaturated/α-hetero) is 1. The van der Waals surface area contributed by atoms with Gasteiger partial charge in [-0.15, -0.1) is 0 Å². The van der Waals surface area contributed by atoms with E-state index in [2.05, 4.69) is 0 Å². The molecule has 2 saturated carbocycles. The van der Waals surface area contributed by atoms with E-state index in [4.69, 9.17) is 4.74 Å². The molecule has 4 aliphatic rings. The van der Waals surface area contributed by atoms with Crippen molar-refractivity contribution in [3.05, 3.63) is 0 Å². The van der Waals surface area contributed by atoms with Crippen molar-refractivity contribution >= 4 is 11.9 Å². The summed E-state index contributed by atoms with van der Waals surface area (Å²) in [5, 5.41) is 0. The molecule has 0 spiro atoms. The van der Waals surface area contributed by atoms with Crippen molar-refractivity contribution in [3.63, 3.8) is 0 Å². The Morgan fingerprint density at radius 2 is 1.83 bits per heavy atom. The number of nitrogens with zero attached hydrogens (tertiary/aromatic N) is 1. The number of halogens is 1. The Morgan fingerprint density at radius 3 is 2.35 bits per heavy atom. The minimum atomic E-state index is -0.970. The van der Waals surface area contributed by atoms with E-state index in [0.717, 1.165) is 12.8 Å². The van der Waals surface area contributed by atoms with E-state index in [1.54, 1.807) is 4.90 Å². The lowest BCUT2D eigenvalue weighted by Gasteiger charge is -2.55. The predicted octanol–water partition coefficient (Wildman–Crippen LogP) is 3.73. The molecule has 2 saturated heterocycles. The molecule has 23 heavy (non-hydrogen) atoms. The van der Waals surface area contributed by atoms with Gasteiger partial charge in [0.25, 0.3) is 0 Å². The molecular weight excluding hydrogens is 297 g/mol. The van der Waals surface area contributed by atoms with Gasteiger partial charge in [0.05, 0.1) is 6.04 Å². The smallest absolute Gasteiger partial charge is 0.411 e. The molecule has 0 aromatic carbocycles. The Balaban J connectivity index is 1.86. The molecule has 2 aliphatic carbocycles. The fourth-order valence-corrected chi connectivity index (χ4v) is 4.44. The zero-order valence-electron chi connectivity index (χ0n) is 14.5. The molecule has 4 rings (SSSR count). The molecule has 0 radical (unpaired) electrons. The average Bonchev–Trinajstić information content (AvgIpc) is 3.23. The second-order valence-electron chi connectivity index (χ2n) is 8.54. The normalized spacial score (nSPS) is 36.9. The highest BCUT2D eigenvalue weighted by atomic mass is 19.1. The molecule has 1 amide bonds. The van der Waals surface area contributed by atoms with Crippen LogP contribution in [0.4, 0.5) is 9.18 Å². The van der Waals surface area contributed by atoms with Crippen LogP contribution in [0.1, 0.15) is 59.8 Å². The Bertz CT molecular complexity index is 497. The molecule has 0 unspecified atom stereocenters. The predicted molar refractivity (Wildman–Crippen MR) is 84.8 cm³/mol. The maximum atomic E-state index is 15.0. The summed E-state index contributed by atoms with van der Waals surface area (Å²) in [4.78, 5) is 26.4. The number of amides is 1. The van der Waals surface area contributed by atoms with Gasteiger partial charge in [0, 0.05) is 17.9 Å². The fourth-order valence-electron chi connectivity index (χ4n) is 4.44. The minimum absolute atomic E-state index is 0.127. The van der Waals surface area contributed by atoms with E-state index < -0.39 is 23.9 Å². The zero-order valence-corrected chi connectivity index (χ0v) is 14.5. The third-order valence-electron chi connectivity index (χ3n) is 5.49. The first kappa shape index (κ1) is 16.7. The van der Waals surface area contributed by atoms with Crippen molar-refractivity contribution < 1.29 is 18.7 Å². The van der Waals surface area contributed by atoms with Gasteiger partial charge in [-0.1, -0.05) is 12.8 Å². The lowest BCUT2D eigenvalue weighted by Crippen LogP contribution is -2.67. The van der Waals surface area contributed by atoms with Crippen LogP contribution in [0.5, 0.6) is 0 Å². The number of ketones is 1. The molecule has 130 valence electrons. The number of hydrogen-bond donors (Lipinski definition) is 0. The standard InChI is InChI=1S/C18H28FNO3/c1-10(21)16-12-7-8-14(13(15(12)19)9-11-5-6-11)20(16)17(22)23-18(2,3)4/h11-16H,5-9H2,1-4H3/t12-,13+,14+,15-,16-/m1/s1. The molecule has 2 bridgehead atoms. The molecule has 5 atom stereocenters. The summed E-state index contributed by atoms with van der Waals surface area (Å²) < 4.78 is 20.5. The monoisotopic (exact) mass is 325 g/mol. The molecule has 2 heterocycles. The minimum Gasteiger partial charge on any atom is -0.444 e. The second kappa shape index (κ2) is 5.75. The van der Waals surface area contributed by atoms with Gasteiger partial charge in [-0.2, -0.15) is 0 Å². The number of hydrogen-bond acceptors (Lipinski definition) is 3. The first-order valence-corrected chi connectivity index (χ1v) is 8.85. The van der Waals surface area contributed by atoms with Crippen molar-refractivity contribution in [3.8, 4) is 0 Å². The van der Waals surface area contributed by atoms with E-state index in [-0.39, 0.29) is 23.7 Å². The van der Waals surface area contributed by atoms with Gasteiger partial charge in [-0.25, -0.2) is 9.18 Å². The first-order valence-electron chi connectivity index (χ1n) is 8.85. The van der Waals surface area contributed by atoms with Crippen LogP contribution in [0.25, 0.3) is 0 Å². The van der Waals surface area contributed by atoms with E-state index in [1.165, 1.54) is 19.8 Å². The maximum absolute atomic E-state index is 15.0. The van der Waals surface area contributed by atoms with Gasteiger partial charge in [0.15, 0.2) is 5.78 Å². The summed E-state index contributed by atoms with van der Waals surface area (Å²) in [6, 6.07) is -0.853. The molecule has 5 heteroatoms. The quantitative estimate of drug-likeness (QED) is 0.794. The summed E-state index contributed by atoms with van der Waals surface area (Å²) in [5.74, 6) is -0.0231. The van der Waals surface area contributed by atoms with Crippen LogP contribution in [-0.4, -0.2) is 40.6 Å². The number of carbonyl (C=O) groups excluding carboxylic acids is 2.